The lowest BCUT2D eigenvalue weighted by molar-refractivity contribution is -0.116. The van der Waals surface area contributed by atoms with Gasteiger partial charge in [-0.05, 0) is 43.7 Å². The summed E-state index contributed by atoms with van der Waals surface area (Å²) in [6.07, 6.45) is 0.842. The fourth-order valence-electron chi connectivity index (χ4n) is 2.27. The second-order valence-corrected chi connectivity index (χ2v) is 5.78. The molecule has 0 spiro atoms. The first-order valence-electron chi connectivity index (χ1n) is 8.15. The van der Waals surface area contributed by atoms with Crippen LogP contribution in [-0.2, 0) is 4.79 Å². The van der Waals surface area contributed by atoms with E-state index >= 15 is 0 Å². The van der Waals surface area contributed by atoms with Gasteiger partial charge in [-0.2, -0.15) is 0 Å². The Bertz CT molecular complexity index is 734. The van der Waals surface area contributed by atoms with E-state index in [2.05, 4.69) is 10.6 Å². The van der Waals surface area contributed by atoms with Gasteiger partial charge in [-0.15, -0.1) is 0 Å². The molecule has 0 aliphatic carbocycles. The summed E-state index contributed by atoms with van der Waals surface area (Å²) in [4.78, 5) is 24.1. The monoisotopic (exact) mass is 360 g/mol. The molecule has 132 valence electrons. The third-order valence-electron chi connectivity index (χ3n) is 3.41. The molecule has 6 heteroatoms. The van der Waals surface area contributed by atoms with Gasteiger partial charge >= 0.3 is 0 Å². The Balaban J connectivity index is 1.75. The van der Waals surface area contributed by atoms with Gasteiger partial charge in [-0.25, -0.2) is 0 Å². The van der Waals surface area contributed by atoms with E-state index in [1.807, 2.05) is 13.0 Å². The van der Waals surface area contributed by atoms with E-state index in [1.165, 1.54) is 0 Å². The normalized spacial score (nSPS) is 10.2. The van der Waals surface area contributed by atoms with Crippen LogP contribution in [0.2, 0.25) is 5.02 Å². The number of hydrogen-bond acceptors (Lipinski definition) is 3. The number of ether oxygens (including phenoxy) is 1. The minimum Gasteiger partial charge on any atom is -0.493 e. The highest BCUT2D eigenvalue weighted by Crippen LogP contribution is 2.18. The van der Waals surface area contributed by atoms with Gasteiger partial charge < -0.3 is 15.4 Å². The van der Waals surface area contributed by atoms with E-state index < -0.39 is 0 Å². The quantitative estimate of drug-likeness (QED) is 0.702. The van der Waals surface area contributed by atoms with E-state index in [-0.39, 0.29) is 11.8 Å². The van der Waals surface area contributed by atoms with Crippen molar-refractivity contribution < 1.29 is 14.3 Å². The van der Waals surface area contributed by atoms with E-state index in [0.717, 1.165) is 0 Å². The number of anilines is 1. The van der Waals surface area contributed by atoms with Crippen LogP contribution in [-0.4, -0.2) is 25.0 Å². The Morgan fingerprint density at radius 1 is 1.12 bits per heavy atom. The molecule has 0 fully saturated rings. The fraction of sp³-hybridized carbons (Fsp3) is 0.263. The molecule has 0 heterocycles. The zero-order valence-corrected chi connectivity index (χ0v) is 14.8. The fourth-order valence-corrected chi connectivity index (χ4v) is 2.46. The molecule has 0 saturated heterocycles. The van der Waals surface area contributed by atoms with E-state index in [0.29, 0.717) is 48.0 Å². The standard InChI is InChI=1S/C19H21ClN2O3/c1-2-25-17-10-4-3-9-16(17)19(24)21-12-6-11-18(23)22-15-8-5-7-14(20)13-15/h3-5,7-10,13H,2,6,11-12H2,1H3,(H,21,24)(H,22,23). The lowest BCUT2D eigenvalue weighted by atomic mass is 10.2. The van der Waals surface area contributed by atoms with Crippen molar-refractivity contribution in [3.05, 3.63) is 59.1 Å². The lowest BCUT2D eigenvalue weighted by Gasteiger charge is -2.10. The molecule has 5 nitrogen and oxygen atoms in total. The van der Waals surface area contributed by atoms with Crippen molar-refractivity contribution in [1.29, 1.82) is 0 Å². The van der Waals surface area contributed by atoms with Crippen LogP contribution < -0.4 is 15.4 Å². The summed E-state index contributed by atoms with van der Waals surface area (Å²) in [6, 6.07) is 14.1. The molecule has 0 unspecified atom stereocenters. The van der Waals surface area contributed by atoms with Crippen LogP contribution in [0.1, 0.15) is 30.1 Å². The van der Waals surface area contributed by atoms with Crippen LogP contribution in [0, 0.1) is 0 Å². The largest absolute Gasteiger partial charge is 0.493 e. The molecule has 2 rings (SSSR count). The van der Waals surface area contributed by atoms with Gasteiger partial charge in [-0.1, -0.05) is 29.8 Å². The third-order valence-corrected chi connectivity index (χ3v) is 3.64. The van der Waals surface area contributed by atoms with Gasteiger partial charge in [0.15, 0.2) is 0 Å². The predicted molar refractivity (Wildman–Crippen MR) is 99.3 cm³/mol. The van der Waals surface area contributed by atoms with E-state index in [1.54, 1.807) is 42.5 Å². The zero-order valence-electron chi connectivity index (χ0n) is 14.0. The Morgan fingerprint density at radius 2 is 1.92 bits per heavy atom. The van der Waals surface area contributed by atoms with Gasteiger partial charge in [0.25, 0.3) is 5.91 Å². The summed E-state index contributed by atoms with van der Waals surface area (Å²) < 4.78 is 5.44. The zero-order chi connectivity index (χ0) is 18.1. The number of benzene rings is 2. The van der Waals surface area contributed by atoms with Crippen LogP contribution in [0.4, 0.5) is 5.69 Å². The van der Waals surface area contributed by atoms with Crippen molar-refractivity contribution in [2.75, 3.05) is 18.5 Å². The second kappa shape index (κ2) is 9.69. The van der Waals surface area contributed by atoms with Crippen LogP contribution in [0.25, 0.3) is 0 Å². The molecule has 0 radical (unpaired) electrons. The summed E-state index contributed by atoms with van der Waals surface area (Å²) >= 11 is 5.87. The highest BCUT2D eigenvalue weighted by atomic mass is 35.5. The van der Waals surface area contributed by atoms with Gasteiger partial charge in [0.2, 0.25) is 5.91 Å². The Morgan fingerprint density at radius 3 is 2.68 bits per heavy atom. The SMILES string of the molecule is CCOc1ccccc1C(=O)NCCCC(=O)Nc1cccc(Cl)c1. The summed E-state index contributed by atoms with van der Waals surface area (Å²) in [5.74, 6) is 0.228. The summed E-state index contributed by atoms with van der Waals surface area (Å²) in [5.41, 5.74) is 1.15. The molecule has 0 atom stereocenters. The highest BCUT2D eigenvalue weighted by molar-refractivity contribution is 6.30. The average molecular weight is 361 g/mol. The molecule has 2 aromatic carbocycles. The maximum Gasteiger partial charge on any atom is 0.255 e. The Kier molecular flexibility index (Phi) is 7.29. The van der Waals surface area contributed by atoms with Crippen LogP contribution in [0.15, 0.2) is 48.5 Å². The molecule has 25 heavy (non-hydrogen) atoms. The Labute approximate surface area is 152 Å². The smallest absolute Gasteiger partial charge is 0.255 e. The highest BCUT2D eigenvalue weighted by Gasteiger charge is 2.11. The predicted octanol–water partition coefficient (Wildman–Crippen LogP) is 3.89. The van der Waals surface area contributed by atoms with Crippen LogP contribution >= 0.6 is 11.6 Å². The topological polar surface area (TPSA) is 67.4 Å². The molecular weight excluding hydrogens is 340 g/mol. The van der Waals surface area contributed by atoms with Crippen LogP contribution in [0.3, 0.4) is 0 Å². The molecular formula is C19H21ClN2O3. The summed E-state index contributed by atoms with van der Waals surface area (Å²) in [5, 5.41) is 6.15. The first-order valence-corrected chi connectivity index (χ1v) is 8.53. The average Bonchev–Trinajstić information content (AvgIpc) is 2.59. The minimum absolute atomic E-state index is 0.119. The molecule has 0 aliphatic heterocycles. The second-order valence-electron chi connectivity index (χ2n) is 5.35. The first-order chi connectivity index (χ1) is 12.1. The minimum atomic E-state index is -0.209. The van der Waals surface area contributed by atoms with Crippen LogP contribution in [0.5, 0.6) is 5.75 Å². The third kappa shape index (κ3) is 6.12. The van der Waals surface area contributed by atoms with Gasteiger partial charge in [-0.3, -0.25) is 9.59 Å². The molecule has 2 N–H and O–H groups in total. The summed E-state index contributed by atoms with van der Waals surface area (Å²) in [6.45, 7) is 2.77. The molecule has 0 aromatic heterocycles. The molecule has 0 saturated carbocycles. The van der Waals surface area contributed by atoms with Crippen molar-refractivity contribution in [1.82, 2.24) is 5.32 Å². The number of carbonyl (C=O) groups is 2. The van der Waals surface area contributed by atoms with Crippen molar-refractivity contribution in [2.24, 2.45) is 0 Å². The van der Waals surface area contributed by atoms with Gasteiger partial charge in [0, 0.05) is 23.7 Å². The van der Waals surface area contributed by atoms with Gasteiger partial charge in [0.1, 0.15) is 5.75 Å². The van der Waals surface area contributed by atoms with Crippen molar-refractivity contribution in [3.63, 3.8) is 0 Å². The molecule has 2 aromatic rings. The van der Waals surface area contributed by atoms with Crippen molar-refractivity contribution in [3.8, 4) is 5.75 Å². The molecule has 2 amide bonds. The maximum atomic E-state index is 12.2. The summed E-state index contributed by atoms with van der Waals surface area (Å²) in [7, 11) is 0. The first kappa shape index (κ1) is 18.8. The number of halogens is 1. The van der Waals surface area contributed by atoms with Crippen molar-refractivity contribution in [2.45, 2.75) is 19.8 Å². The number of amides is 2. The molecule has 0 bridgehead atoms. The Hall–Kier alpha value is -2.53. The number of nitrogens with one attached hydrogen (secondary N) is 2. The van der Waals surface area contributed by atoms with Crippen molar-refractivity contribution >= 4 is 29.1 Å². The molecule has 0 aliphatic rings. The number of para-hydroxylation sites is 1. The van der Waals surface area contributed by atoms with E-state index in [9.17, 15) is 9.59 Å². The van der Waals surface area contributed by atoms with E-state index in [4.69, 9.17) is 16.3 Å². The maximum absolute atomic E-state index is 12.2. The number of rotatable bonds is 8. The number of carbonyl (C=O) groups excluding carboxylic acids is 2. The van der Waals surface area contributed by atoms with Gasteiger partial charge in [0.05, 0.1) is 12.2 Å². The number of hydrogen-bond donors (Lipinski definition) is 2. The lowest BCUT2D eigenvalue weighted by Crippen LogP contribution is -2.26.